The van der Waals surface area contributed by atoms with Gasteiger partial charge >= 0.3 is 0 Å². The Balaban J connectivity index is 4.00. The molecule has 0 nitrogen and oxygen atoms in total. The highest BCUT2D eigenvalue weighted by molar-refractivity contribution is 4.69. The second-order valence-electron chi connectivity index (χ2n) is 6.64. The summed E-state index contributed by atoms with van der Waals surface area (Å²) in [4.78, 5) is 0. The lowest BCUT2D eigenvalue weighted by Gasteiger charge is -2.26. The quantitative estimate of drug-likeness (QED) is 0.385. The van der Waals surface area contributed by atoms with Crippen LogP contribution in [0, 0.1) is 23.7 Å². The van der Waals surface area contributed by atoms with Gasteiger partial charge < -0.3 is 0 Å². The summed E-state index contributed by atoms with van der Waals surface area (Å²) >= 11 is 0. The fraction of sp³-hybridized carbons (Fsp3) is 1.00. The zero-order valence-electron chi connectivity index (χ0n) is 14.0. The van der Waals surface area contributed by atoms with Crippen molar-refractivity contribution in [3.05, 3.63) is 0 Å². The Bertz CT molecular complexity index is 167. The monoisotopic (exact) mass is 254 g/mol. The van der Waals surface area contributed by atoms with Crippen LogP contribution in [0.5, 0.6) is 0 Å². The van der Waals surface area contributed by atoms with Crippen molar-refractivity contribution in [1.29, 1.82) is 0 Å². The minimum absolute atomic E-state index is 0.913. The maximum atomic E-state index is 2.49. The molecule has 0 fully saturated rings. The molecule has 0 amide bonds. The van der Waals surface area contributed by atoms with Crippen LogP contribution in [0.2, 0.25) is 0 Å². The van der Waals surface area contributed by atoms with Crippen molar-refractivity contribution in [3.8, 4) is 0 Å². The highest BCUT2D eigenvalue weighted by atomic mass is 14.2. The van der Waals surface area contributed by atoms with E-state index >= 15 is 0 Å². The molecule has 0 aromatic heterocycles. The minimum Gasteiger partial charge on any atom is -0.0654 e. The maximum Gasteiger partial charge on any atom is -0.0389 e. The fourth-order valence-electron chi connectivity index (χ4n) is 3.24. The predicted molar refractivity (Wildman–Crippen MR) is 84.9 cm³/mol. The topological polar surface area (TPSA) is 0 Å². The minimum atomic E-state index is 0.913. The molecular formula is C18H38. The Morgan fingerprint density at radius 1 is 0.500 bits per heavy atom. The van der Waals surface area contributed by atoms with Gasteiger partial charge in [0, 0.05) is 0 Å². The SMILES string of the molecule is CCCC(C)C(C)CCC(C)C(CCC)CCC. The van der Waals surface area contributed by atoms with Crippen molar-refractivity contribution < 1.29 is 0 Å². The van der Waals surface area contributed by atoms with Crippen LogP contribution in [-0.2, 0) is 0 Å². The Kier molecular flexibility index (Phi) is 10.9. The van der Waals surface area contributed by atoms with E-state index in [0.29, 0.717) is 0 Å². The van der Waals surface area contributed by atoms with Crippen LogP contribution in [0.3, 0.4) is 0 Å². The molecule has 0 N–H and O–H groups in total. The van der Waals surface area contributed by atoms with Gasteiger partial charge in [0.05, 0.1) is 0 Å². The third-order valence-electron chi connectivity index (χ3n) is 4.92. The Morgan fingerprint density at radius 2 is 0.889 bits per heavy atom. The normalized spacial score (nSPS) is 16.8. The molecule has 0 heteroatoms. The molecule has 0 radical (unpaired) electrons. The highest BCUT2D eigenvalue weighted by Gasteiger charge is 2.18. The third kappa shape index (κ3) is 7.44. The van der Waals surface area contributed by atoms with Gasteiger partial charge in [-0.1, -0.05) is 92.9 Å². The first-order chi connectivity index (χ1) is 8.56. The highest BCUT2D eigenvalue weighted by Crippen LogP contribution is 2.30. The molecule has 0 aliphatic carbocycles. The van der Waals surface area contributed by atoms with E-state index in [4.69, 9.17) is 0 Å². The van der Waals surface area contributed by atoms with Crippen LogP contribution < -0.4 is 0 Å². The molecule has 0 bridgehead atoms. The first-order valence-electron chi connectivity index (χ1n) is 8.56. The van der Waals surface area contributed by atoms with Gasteiger partial charge in [-0.15, -0.1) is 0 Å². The molecule has 0 aliphatic rings. The standard InChI is InChI=1S/C18H38/c1-7-10-15(4)16(5)13-14-17(6)18(11-8-2)12-9-3/h15-18H,7-14H2,1-6H3. The lowest BCUT2D eigenvalue weighted by molar-refractivity contribution is 0.252. The molecule has 3 unspecified atom stereocenters. The zero-order chi connectivity index (χ0) is 14.0. The average molecular weight is 255 g/mol. The summed E-state index contributed by atoms with van der Waals surface area (Å²) in [5.74, 6) is 3.74. The molecular weight excluding hydrogens is 216 g/mol. The molecule has 0 spiro atoms. The summed E-state index contributed by atoms with van der Waals surface area (Å²) in [6.07, 6.45) is 11.2. The summed E-state index contributed by atoms with van der Waals surface area (Å²) in [6, 6.07) is 0. The Hall–Kier alpha value is 0. The van der Waals surface area contributed by atoms with Crippen molar-refractivity contribution >= 4 is 0 Å². The molecule has 0 aliphatic heterocycles. The van der Waals surface area contributed by atoms with Gasteiger partial charge in [-0.25, -0.2) is 0 Å². The van der Waals surface area contributed by atoms with Gasteiger partial charge in [-0.2, -0.15) is 0 Å². The van der Waals surface area contributed by atoms with Crippen molar-refractivity contribution in [3.63, 3.8) is 0 Å². The number of hydrogen-bond acceptors (Lipinski definition) is 0. The van der Waals surface area contributed by atoms with Gasteiger partial charge in [0.2, 0.25) is 0 Å². The average Bonchev–Trinajstić information content (AvgIpc) is 2.35. The van der Waals surface area contributed by atoms with Gasteiger partial charge in [-0.05, 0) is 23.7 Å². The first kappa shape index (κ1) is 18.0. The van der Waals surface area contributed by atoms with Gasteiger partial charge in [0.25, 0.3) is 0 Å². The van der Waals surface area contributed by atoms with Crippen LogP contribution in [-0.4, -0.2) is 0 Å². The molecule has 18 heavy (non-hydrogen) atoms. The van der Waals surface area contributed by atoms with E-state index in [1.807, 2.05) is 0 Å². The largest absolute Gasteiger partial charge is 0.0654 e. The van der Waals surface area contributed by atoms with E-state index in [-0.39, 0.29) is 0 Å². The van der Waals surface area contributed by atoms with Crippen LogP contribution in [0.4, 0.5) is 0 Å². The van der Waals surface area contributed by atoms with E-state index in [2.05, 4.69) is 41.5 Å². The molecule has 0 heterocycles. The number of hydrogen-bond donors (Lipinski definition) is 0. The van der Waals surface area contributed by atoms with E-state index in [1.165, 1.54) is 51.4 Å². The van der Waals surface area contributed by atoms with Crippen LogP contribution in [0.1, 0.15) is 92.9 Å². The van der Waals surface area contributed by atoms with Crippen LogP contribution >= 0.6 is 0 Å². The van der Waals surface area contributed by atoms with E-state index in [9.17, 15) is 0 Å². The summed E-state index contributed by atoms with van der Waals surface area (Å²) in [5, 5.41) is 0. The molecule has 0 rings (SSSR count). The molecule has 3 atom stereocenters. The molecule has 0 saturated heterocycles. The molecule has 0 aromatic rings. The van der Waals surface area contributed by atoms with Crippen LogP contribution in [0.25, 0.3) is 0 Å². The predicted octanol–water partition coefficient (Wildman–Crippen LogP) is 6.69. The first-order valence-corrected chi connectivity index (χ1v) is 8.56. The third-order valence-corrected chi connectivity index (χ3v) is 4.92. The summed E-state index contributed by atoms with van der Waals surface area (Å²) < 4.78 is 0. The van der Waals surface area contributed by atoms with E-state index in [1.54, 1.807) is 0 Å². The molecule has 110 valence electrons. The van der Waals surface area contributed by atoms with Gasteiger partial charge in [0.15, 0.2) is 0 Å². The van der Waals surface area contributed by atoms with E-state index in [0.717, 1.165) is 23.7 Å². The molecule has 0 aromatic carbocycles. The second kappa shape index (κ2) is 10.9. The zero-order valence-corrected chi connectivity index (χ0v) is 14.0. The Labute approximate surface area is 117 Å². The van der Waals surface area contributed by atoms with Crippen molar-refractivity contribution in [2.75, 3.05) is 0 Å². The molecule has 0 saturated carbocycles. The van der Waals surface area contributed by atoms with Crippen molar-refractivity contribution in [2.45, 2.75) is 92.9 Å². The lowest BCUT2D eigenvalue weighted by atomic mass is 9.80. The second-order valence-corrected chi connectivity index (χ2v) is 6.64. The number of rotatable bonds is 11. The summed E-state index contributed by atoms with van der Waals surface area (Å²) in [7, 11) is 0. The smallest absolute Gasteiger partial charge is 0.0389 e. The Morgan fingerprint density at radius 3 is 1.33 bits per heavy atom. The summed E-state index contributed by atoms with van der Waals surface area (Å²) in [5.41, 5.74) is 0. The van der Waals surface area contributed by atoms with Crippen molar-refractivity contribution in [2.24, 2.45) is 23.7 Å². The van der Waals surface area contributed by atoms with Gasteiger partial charge in [-0.3, -0.25) is 0 Å². The van der Waals surface area contributed by atoms with Crippen molar-refractivity contribution in [1.82, 2.24) is 0 Å². The maximum absolute atomic E-state index is 2.49. The summed E-state index contributed by atoms with van der Waals surface area (Å²) in [6.45, 7) is 14.4. The van der Waals surface area contributed by atoms with E-state index < -0.39 is 0 Å². The lowest BCUT2D eigenvalue weighted by Crippen LogP contribution is -2.15. The fourth-order valence-corrected chi connectivity index (χ4v) is 3.24. The van der Waals surface area contributed by atoms with Crippen LogP contribution in [0.15, 0.2) is 0 Å². The van der Waals surface area contributed by atoms with Gasteiger partial charge in [0.1, 0.15) is 0 Å².